The number of piperidine rings is 1. The third-order valence-corrected chi connectivity index (χ3v) is 5.42. The maximum atomic E-state index is 13.0. The Morgan fingerprint density at radius 1 is 1.12 bits per heavy atom. The van der Waals surface area contributed by atoms with Crippen LogP contribution in [0.15, 0.2) is 36.4 Å². The molecule has 2 aromatic carbocycles. The van der Waals surface area contributed by atoms with Crippen LogP contribution in [-0.2, 0) is 0 Å². The van der Waals surface area contributed by atoms with E-state index in [1.165, 1.54) is 19.4 Å². The Hall–Kier alpha value is -1.87. The number of carbonyl (C=O) groups excluding carboxylic acids is 1. The van der Waals surface area contributed by atoms with Crippen molar-refractivity contribution in [2.24, 2.45) is 11.8 Å². The maximum absolute atomic E-state index is 13.0. The summed E-state index contributed by atoms with van der Waals surface area (Å²) >= 11 is 0. The Kier molecular flexibility index (Phi) is 4.28. The van der Waals surface area contributed by atoms with E-state index in [0.29, 0.717) is 5.78 Å². The van der Waals surface area contributed by atoms with Gasteiger partial charge in [0.05, 0.1) is 7.11 Å². The van der Waals surface area contributed by atoms with Crippen LogP contribution in [-0.4, -0.2) is 37.4 Å². The standard InChI is InChI=1S/C21H25NO2/c1-24-20-9-8-16-11-18(7-6-17(16)12-20)21(23)19-3-2-10-22(14-19)13-15-4-5-15/h6-9,11-12,15,19H,2-5,10,13-14H2,1H3/t19-/m1/s1. The number of hydrogen-bond donors (Lipinski definition) is 0. The Balaban J connectivity index is 1.51. The van der Waals surface area contributed by atoms with Crippen molar-refractivity contribution < 1.29 is 9.53 Å². The minimum atomic E-state index is 0.160. The highest BCUT2D eigenvalue weighted by atomic mass is 16.5. The van der Waals surface area contributed by atoms with Gasteiger partial charge in [0, 0.05) is 24.6 Å². The van der Waals surface area contributed by atoms with Crippen LogP contribution in [0.4, 0.5) is 0 Å². The van der Waals surface area contributed by atoms with E-state index in [0.717, 1.165) is 53.9 Å². The van der Waals surface area contributed by atoms with Gasteiger partial charge < -0.3 is 9.64 Å². The smallest absolute Gasteiger partial charge is 0.167 e. The fraction of sp³-hybridized carbons (Fsp3) is 0.476. The summed E-state index contributed by atoms with van der Waals surface area (Å²) in [5.74, 6) is 2.22. The molecule has 0 amide bonds. The first kappa shape index (κ1) is 15.6. The first-order valence-electron chi connectivity index (χ1n) is 9.07. The Morgan fingerprint density at radius 3 is 2.71 bits per heavy atom. The number of benzene rings is 2. The number of methoxy groups -OCH3 is 1. The molecule has 3 heteroatoms. The molecule has 4 rings (SSSR count). The zero-order valence-corrected chi connectivity index (χ0v) is 14.3. The third kappa shape index (κ3) is 3.32. The van der Waals surface area contributed by atoms with Gasteiger partial charge >= 0.3 is 0 Å². The van der Waals surface area contributed by atoms with Gasteiger partial charge in [-0.05, 0) is 67.1 Å². The molecular formula is C21H25NO2. The topological polar surface area (TPSA) is 29.5 Å². The molecule has 126 valence electrons. The number of carbonyl (C=O) groups is 1. The summed E-state index contributed by atoms with van der Waals surface area (Å²) in [7, 11) is 1.68. The number of hydrogen-bond acceptors (Lipinski definition) is 3. The van der Waals surface area contributed by atoms with Crippen molar-refractivity contribution in [1.82, 2.24) is 4.90 Å². The number of likely N-dealkylation sites (tertiary alicyclic amines) is 1. The summed E-state index contributed by atoms with van der Waals surface area (Å²) < 4.78 is 5.27. The molecule has 1 saturated heterocycles. The minimum Gasteiger partial charge on any atom is -0.497 e. The molecule has 24 heavy (non-hydrogen) atoms. The molecule has 2 fully saturated rings. The molecular weight excluding hydrogens is 298 g/mol. The molecule has 0 radical (unpaired) electrons. The molecule has 1 aliphatic carbocycles. The first-order chi connectivity index (χ1) is 11.7. The highest BCUT2D eigenvalue weighted by molar-refractivity contribution is 6.01. The molecule has 0 bridgehead atoms. The zero-order valence-electron chi connectivity index (χ0n) is 14.3. The summed E-state index contributed by atoms with van der Waals surface area (Å²) in [6.07, 6.45) is 4.93. The van der Waals surface area contributed by atoms with Crippen LogP contribution in [0.2, 0.25) is 0 Å². The molecule has 1 heterocycles. The van der Waals surface area contributed by atoms with E-state index < -0.39 is 0 Å². The van der Waals surface area contributed by atoms with E-state index in [9.17, 15) is 4.79 Å². The molecule has 0 spiro atoms. The number of rotatable bonds is 5. The number of ketones is 1. The van der Waals surface area contributed by atoms with E-state index in [1.807, 2.05) is 36.4 Å². The summed E-state index contributed by atoms with van der Waals surface area (Å²) in [6, 6.07) is 12.1. The second-order valence-electron chi connectivity index (χ2n) is 7.33. The van der Waals surface area contributed by atoms with Crippen molar-refractivity contribution in [3.05, 3.63) is 42.0 Å². The normalized spacial score (nSPS) is 21.8. The van der Waals surface area contributed by atoms with Gasteiger partial charge in [-0.1, -0.05) is 18.2 Å². The fourth-order valence-electron chi connectivity index (χ4n) is 3.84. The Labute approximate surface area is 143 Å². The quantitative estimate of drug-likeness (QED) is 0.774. The lowest BCUT2D eigenvalue weighted by atomic mass is 9.89. The number of ether oxygens (including phenoxy) is 1. The largest absolute Gasteiger partial charge is 0.497 e. The summed E-state index contributed by atoms with van der Waals surface area (Å²) in [6.45, 7) is 3.30. The average Bonchev–Trinajstić information content (AvgIpc) is 3.44. The Morgan fingerprint density at radius 2 is 1.92 bits per heavy atom. The molecule has 2 aliphatic rings. The van der Waals surface area contributed by atoms with Crippen LogP contribution in [0.3, 0.4) is 0 Å². The number of nitrogens with zero attached hydrogens (tertiary/aromatic N) is 1. The monoisotopic (exact) mass is 323 g/mol. The van der Waals surface area contributed by atoms with E-state index in [1.54, 1.807) is 7.11 Å². The van der Waals surface area contributed by atoms with E-state index >= 15 is 0 Å². The van der Waals surface area contributed by atoms with Crippen molar-refractivity contribution in [1.29, 1.82) is 0 Å². The van der Waals surface area contributed by atoms with Gasteiger partial charge in [0.2, 0.25) is 0 Å². The van der Waals surface area contributed by atoms with Gasteiger partial charge in [-0.25, -0.2) is 0 Å². The van der Waals surface area contributed by atoms with Crippen molar-refractivity contribution in [2.75, 3.05) is 26.7 Å². The molecule has 0 aromatic heterocycles. The van der Waals surface area contributed by atoms with Crippen molar-refractivity contribution in [2.45, 2.75) is 25.7 Å². The lowest BCUT2D eigenvalue weighted by Crippen LogP contribution is -2.39. The van der Waals surface area contributed by atoms with E-state index in [-0.39, 0.29) is 5.92 Å². The average molecular weight is 323 g/mol. The lowest BCUT2D eigenvalue weighted by molar-refractivity contribution is 0.0815. The third-order valence-electron chi connectivity index (χ3n) is 5.42. The number of fused-ring (bicyclic) bond motifs is 1. The molecule has 2 aromatic rings. The van der Waals surface area contributed by atoms with Crippen molar-refractivity contribution in [3.63, 3.8) is 0 Å². The SMILES string of the molecule is COc1ccc2cc(C(=O)[C@@H]3CCCN(CC4CC4)C3)ccc2c1. The second kappa shape index (κ2) is 6.56. The van der Waals surface area contributed by atoms with Crippen LogP contribution in [0.25, 0.3) is 10.8 Å². The van der Waals surface area contributed by atoms with Gasteiger partial charge in [0.25, 0.3) is 0 Å². The highest BCUT2D eigenvalue weighted by Crippen LogP contribution is 2.32. The van der Waals surface area contributed by atoms with E-state index in [2.05, 4.69) is 4.90 Å². The summed E-state index contributed by atoms with van der Waals surface area (Å²) in [4.78, 5) is 15.5. The van der Waals surface area contributed by atoms with Crippen LogP contribution in [0, 0.1) is 11.8 Å². The van der Waals surface area contributed by atoms with Gasteiger partial charge in [0.1, 0.15) is 5.75 Å². The fourth-order valence-corrected chi connectivity index (χ4v) is 3.84. The zero-order chi connectivity index (χ0) is 16.5. The van der Waals surface area contributed by atoms with Crippen molar-refractivity contribution >= 4 is 16.6 Å². The van der Waals surface area contributed by atoms with E-state index in [4.69, 9.17) is 4.74 Å². The van der Waals surface area contributed by atoms with Gasteiger partial charge in [-0.2, -0.15) is 0 Å². The molecule has 0 N–H and O–H groups in total. The number of Topliss-reactive ketones (excluding diaryl/α,β-unsaturated/α-hetero) is 1. The molecule has 1 aliphatic heterocycles. The van der Waals surface area contributed by atoms with Gasteiger partial charge in [-0.15, -0.1) is 0 Å². The summed E-state index contributed by atoms with van der Waals surface area (Å²) in [5.41, 5.74) is 0.853. The molecule has 1 saturated carbocycles. The Bertz CT molecular complexity index is 751. The minimum absolute atomic E-state index is 0.160. The lowest BCUT2D eigenvalue weighted by Gasteiger charge is -2.32. The highest BCUT2D eigenvalue weighted by Gasteiger charge is 2.30. The van der Waals surface area contributed by atoms with Crippen LogP contribution in [0.1, 0.15) is 36.0 Å². The van der Waals surface area contributed by atoms with Crippen LogP contribution >= 0.6 is 0 Å². The first-order valence-corrected chi connectivity index (χ1v) is 9.07. The molecule has 1 atom stereocenters. The second-order valence-corrected chi connectivity index (χ2v) is 7.33. The predicted molar refractivity (Wildman–Crippen MR) is 96.7 cm³/mol. The maximum Gasteiger partial charge on any atom is 0.167 e. The van der Waals surface area contributed by atoms with Gasteiger partial charge in [-0.3, -0.25) is 4.79 Å². The van der Waals surface area contributed by atoms with Crippen LogP contribution in [0.5, 0.6) is 5.75 Å². The molecule has 0 unspecified atom stereocenters. The van der Waals surface area contributed by atoms with Crippen LogP contribution < -0.4 is 4.74 Å². The van der Waals surface area contributed by atoms with Gasteiger partial charge in [0.15, 0.2) is 5.78 Å². The predicted octanol–water partition coefficient (Wildman–Crippen LogP) is 4.15. The molecule has 3 nitrogen and oxygen atoms in total. The van der Waals surface area contributed by atoms with Crippen molar-refractivity contribution in [3.8, 4) is 5.75 Å². The summed E-state index contributed by atoms with van der Waals surface area (Å²) in [5, 5.41) is 2.22.